The Balaban J connectivity index is 1.37. The number of aromatic nitrogens is 2. The van der Waals surface area contributed by atoms with Gasteiger partial charge in [0, 0.05) is 12.8 Å². The van der Waals surface area contributed by atoms with Crippen molar-refractivity contribution in [1.29, 1.82) is 0 Å². The summed E-state index contributed by atoms with van der Waals surface area (Å²) in [6, 6.07) is 25.2. The summed E-state index contributed by atoms with van der Waals surface area (Å²) in [7, 11) is -3.30. The third-order valence-electron chi connectivity index (χ3n) is 5.29. The van der Waals surface area contributed by atoms with Crippen molar-refractivity contribution >= 4 is 26.8 Å². The lowest BCUT2D eigenvalue weighted by Crippen LogP contribution is -2.28. The highest BCUT2D eigenvalue weighted by Crippen LogP contribution is 2.18. The number of para-hydroxylation sites is 2. The van der Waals surface area contributed by atoms with Crippen molar-refractivity contribution in [3.05, 3.63) is 101 Å². The van der Waals surface area contributed by atoms with Crippen molar-refractivity contribution in [2.75, 3.05) is 6.26 Å². The number of carbonyl (C=O) groups is 1. The molecule has 0 fully saturated rings. The molecule has 176 valence electrons. The predicted octanol–water partition coefficient (Wildman–Crippen LogP) is 3.61. The molecule has 1 heterocycles. The molecule has 0 unspecified atom stereocenters. The lowest BCUT2D eigenvalue weighted by Gasteiger charge is -2.11. The third kappa shape index (κ3) is 6.52. The Labute approximate surface area is 199 Å². The Morgan fingerprint density at radius 2 is 1.59 bits per heavy atom. The molecule has 7 nitrogen and oxygen atoms in total. The van der Waals surface area contributed by atoms with Gasteiger partial charge in [-0.05, 0) is 28.8 Å². The van der Waals surface area contributed by atoms with Crippen molar-refractivity contribution in [1.82, 2.24) is 14.9 Å². The van der Waals surface area contributed by atoms with E-state index in [4.69, 9.17) is 4.74 Å². The molecule has 0 saturated carbocycles. The van der Waals surface area contributed by atoms with Gasteiger partial charge >= 0.3 is 0 Å². The standard InChI is InChI=1S/C26H27N3O4S/c1-34(31,32)19-25-28-23-12-5-6-13-24(23)29(25)16-26(30)27-15-21-10-7-11-22(14-21)18-33-17-20-8-3-2-4-9-20/h2-14H,15-19H2,1H3,(H,27,30). The Morgan fingerprint density at radius 1 is 0.912 bits per heavy atom. The molecule has 4 aromatic rings. The van der Waals surface area contributed by atoms with Gasteiger partial charge < -0.3 is 14.6 Å². The number of ether oxygens (including phenoxy) is 1. The molecule has 8 heteroatoms. The molecule has 1 N–H and O–H groups in total. The molecule has 34 heavy (non-hydrogen) atoms. The second-order valence-corrected chi connectivity index (χ2v) is 10.4. The molecule has 1 aromatic heterocycles. The molecule has 0 radical (unpaired) electrons. The van der Waals surface area contributed by atoms with Gasteiger partial charge in [0.2, 0.25) is 5.91 Å². The summed E-state index contributed by atoms with van der Waals surface area (Å²) in [6.07, 6.45) is 1.16. The van der Waals surface area contributed by atoms with Gasteiger partial charge in [0.15, 0.2) is 9.84 Å². The third-order valence-corrected chi connectivity index (χ3v) is 6.07. The molecule has 0 aliphatic rings. The smallest absolute Gasteiger partial charge is 0.240 e. The fourth-order valence-corrected chi connectivity index (χ4v) is 4.43. The molecular weight excluding hydrogens is 450 g/mol. The van der Waals surface area contributed by atoms with Crippen LogP contribution in [0.5, 0.6) is 0 Å². The molecule has 0 bridgehead atoms. The SMILES string of the molecule is CS(=O)(=O)Cc1nc2ccccc2n1CC(=O)NCc1cccc(COCc2ccccc2)c1. The minimum atomic E-state index is -3.30. The van der Waals surface area contributed by atoms with Gasteiger partial charge in [0.05, 0.1) is 24.2 Å². The number of carbonyl (C=O) groups excluding carboxylic acids is 1. The van der Waals surface area contributed by atoms with E-state index in [0.717, 1.165) is 28.5 Å². The predicted molar refractivity (Wildman–Crippen MR) is 132 cm³/mol. The van der Waals surface area contributed by atoms with Crippen molar-refractivity contribution in [2.24, 2.45) is 0 Å². The van der Waals surface area contributed by atoms with Crippen LogP contribution in [0.4, 0.5) is 0 Å². The minimum Gasteiger partial charge on any atom is -0.372 e. The number of fused-ring (bicyclic) bond motifs is 1. The second kappa shape index (κ2) is 10.6. The van der Waals surface area contributed by atoms with Crippen molar-refractivity contribution < 1.29 is 17.9 Å². The van der Waals surface area contributed by atoms with Gasteiger partial charge in [-0.2, -0.15) is 0 Å². The fourth-order valence-electron chi connectivity index (χ4n) is 3.74. The maximum absolute atomic E-state index is 12.7. The van der Waals surface area contributed by atoms with Crippen LogP contribution in [0.15, 0.2) is 78.9 Å². The highest BCUT2D eigenvalue weighted by atomic mass is 32.2. The quantitative estimate of drug-likeness (QED) is 0.377. The number of nitrogens with one attached hydrogen (secondary N) is 1. The number of nitrogens with zero attached hydrogens (tertiary/aromatic N) is 2. The van der Waals surface area contributed by atoms with Crippen LogP contribution in [0.2, 0.25) is 0 Å². The molecule has 3 aromatic carbocycles. The van der Waals surface area contributed by atoms with E-state index in [-0.39, 0.29) is 18.2 Å². The minimum absolute atomic E-state index is 0.00869. The highest BCUT2D eigenvalue weighted by molar-refractivity contribution is 7.89. The first-order chi connectivity index (χ1) is 16.4. The average molecular weight is 478 g/mol. The number of sulfone groups is 1. The van der Waals surface area contributed by atoms with Crippen LogP contribution in [-0.2, 0) is 51.4 Å². The maximum atomic E-state index is 12.7. The first-order valence-electron chi connectivity index (χ1n) is 11.0. The lowest BCUT2D eigenvalue weighted by molar-refractivity contribution is -0.121. The van der Waals surface area contributed by atoms with E-state index in [2.05, 4.69) is 10.3 Å². The number of benzene rings is 3. The van der Waals surface area contributed by atoms with Gasteiger partial charge in [-0.1, -0.05) is 66.7 Å². The fraction of sp³-hybridized carbons (Fsp3) is 0.231. The van der Waals surface area contributed by atoms with E-state index in [0.29, 0.717) is 31.1 Å². The lowest BCUT2D eigenvalue weighted by atomic mass is 10.1. The zero-order chi connectivity index (χ0) is 24.0. The molecule has 0 atom stereocenters. The van der Waals surface area contributed by atoms with Crippen LogP contribution in [0, 0.1) is 0 Å². The van der Waals surface area contributed by atoms with Crippen LogP contribution < -0.4 is 5.32 Å². The zero-order valence-corrected chi connectivity index (χ0v) is 19.8. The van der Waals surface area contributed by atoms with E-state index in [1.165, 1.54) is 0 Å². The van der Waals surface area contributed by atoms with Crippen LogP contribution in [0.3, 0.4) is 0 Å². The number of imidazole rings is 1. The van der Waals surface area contributed by atoms with Crippen LogP contribution in [0.25, 0.3) is 11.0 Å². The molecule has 4 rings (SSSR count). The number of amides is 1. The van der Waals surface area contributed by atoms with Crippen molar-refractivity contribution in [3.63, 3.8) is 0 Å². The van der Waals surface area contributed by atoms with E-state index in [1.54, 1.807) is 10.6 Å². The van der Waals surface area contributed by atoms with Crippen LogP contribution >= 0.6 is 0 Å². The number of rotatable bonds is 10. The summed E-state index contributed by atoms with van der Waals surface area (Å²) in [5, 5.41) is 2.92. The largest absolute Gasteiger partial charge is 0.372 e. The molecular formula is C26H27N3O4S. The van der Waals surface area contributed by atoms with Crippen molar-refractivity contribution in [3.8, 4) is 0 Å². The first-order valence-corrected chi connectivity index (χ1v) is 13.0. The molecule has 1 amide bonds. The van der Waals surface area contributed by atoms with E-state index in [9.17, 15) is 13.2 Å². The van der Waals surface area contributed by atoms with Gasteiger partial charge in [0.1, 0.15) is 18.1 Å². The summed E-state index contributed by atoms with van der Waals surface area (Å²) in [5.74, 6) is -0.0833. The van der Waals surface area contributed by atoms with Crippen molar-refractivity contribution in [2.45, 2.75) is 32.1 Å². The topological polar surface area (TPSA) is 90.3 Å². The average Bonchev–Trinajstić information content (AvgIpc) is 3.14. The molecule has 0 saturated heterocycles. The summed E-state index contributed by atoms with van der Waals surface area (Å²) >= 11 is 0. The summed E-state index contributed by atoms with van der Waals surface area (Å²) in [4.78, 5) is 17.1. The van der Waals surface area contributed by atoms with Gasteiger partial charge in [-0.15, -0.1) is 0 Å². The Bertz CT molecular complexity index is 1380. The maximum Gasteiger partial charge on any atom is 0.240 e. The Morgan fingerprint density at radius 3 is 2.38 bits per heavy atom. The monoisotopic (exact) mass is 477 g/mol. The van der Waals surface area contributed by atoms with Gasteiger partial charge in [-0.25, -0.2) is 13.4 Å². The summed E-state index contributed by atoms with van der Waals surface area (Å²) in [6.45, 7) is 1.37. The van der Waals surface area contributed by atoms with Gasteiger partial charge in [-0.3, -0.25) is 4.79 Å². The highest BCUT2D eigenvalue weighted by Gasteiger charge is 2.17. The van der Waals surface area contributed by atoms with Gasteiger partial charge in [0.25, 0.3) is 0 Å². The summed E-state index contributed by atoms with van der Waals surface area (Å²) in [5.41, 5.74) is 4.50. The Hall–Kier alpha value is -3.49. The molecule has 0 aliphatic carbocycles. The normalized spacial score (nSPS) is 11.6. The van der Waals surface area contributed by atoms with Crippen LogP contribution in [0.1, 0.15) is 22.5 Å². The molecule has 0 aliphatic heterocycles. The number of hydrogen-bond donors (Lipinski definition) is 1. The van der Waals surface area contributed by atoms with Crippen LogP contribution in [-0.4, -0.2) is 30.1 Å². The summed E-state index contributed by atoms with van der Waals surface area (Å²) < 4.78 is 31.2. The van der Waals surface area contributed by atoms with E-state index >= 15 is 0 Å². The Kier molecular flexibility index (Phi) is 7.40. The number of hydrogen-bond acceptors (Lipinski definition) is 5. The van der Waals surface area contributed by atoms with E-state index in [1.807, 2.05) is 72.8 Å². The molecule has 0 spiro atoms. The second-order valence-electron chi connectivity index (χ2n) is 8.25. The zero-order valence-electron chi connectivity index (χ0n) is 19.0. The van der Waals surface area contributed by atoms with E-state index < -0.39 is 9.84 Å². The first kappa shape index (κ1) is 23.7.